The standard InChI is InChI=1S/C25H22N2O3/c1-2-23-22(21-10-6-7-11-24(21)30-23)16-26-27-25(28)19-14-12-18(13-15-19)17-29-20-8-4-3-5-9-20/h3-16H,2,17H2,1H3,(H,27,28)/b26-16-. The van der Waals surface area contributed by atoms with Crippen molar-refractivity contribution in [3.63, 3.8) is 0 Å². The third kappa shape index (κ3) is 4.41. The Morgan fingerprint density at radius 3 is 2.50 bits per heavy atom. The first-order chi connectivity index (χ1) is 14.7. The maximum absolute atomic E-state index is 12.4. The number of hydrogen-bond acceptors (Lipinski definition) is 4. The molecular formula is C25H22N2O3. The summed E-state index contributed by atoms with van der Waals surface area (Å²) in [6.45, 7) is 2.47. The smallest absolute Gasteiger partial charge is 0.271 e. The number of carbonyl (C=O) groups is 1. The number of rotatable bonds is 7. The van der Waals surface area contributed by atoms with Crippen LogP contribution in [-0.4, -0.2) is 12.1 Å². The summed E-state index contributed by atoms with van der Waals surface area (Å²) in [5.41, 5.74) is 5.81. The number of nitrogens with zero attached hydrogens (tertiary/aromatic N) is 1. The van der Waals surface area contributed by atoms with Gasteiger partial charge in [0.15, 0.2) is 0 Å². The molecule has 0 aliphatic carbocycles. The molecule has 5 nitrogen and oxygen atoms in total. The van der Waals surface area contributed by atoms with Gasteiger partial charge in [0.2, 0.25) is 0 Å². The fourth-order valence-corrected chi connectivity index (χ4v) is 3.18. The molecule has 3 aromatic carbocycles. The lowest BCUT2D eigenvalue weighted by molar-refractivity contribution is 0.0955. The second-order valence-corrected chi connectivity index (χ2v) is 6.79. The van der Waals surface area contributed by atoms with Crippen molar-refractivity contribution in [2.75, 3.05) is 0 Å². The fourth-order valence-electron chi connectivity index (χ4n) is 3.18. The predicted molar refractivity (Wildman–Crippen MR) is 118 cm³/mol. The Hall–Kier alpha value is -3.86. The number of amides is 1. The van der Waals surface area contributed by atoms with Gasteiger partial charge >= 0.3 is 0 Å². The first-order valence-corrected chi connectivity index (χ1v) is 9.85. The molecule has 0 radical (unpaired) electrons. The lowest BCUT2D eigenvalue weighted by Gasteiger charge is -2.06. The van der Waals surface area contributed by atoms with E-state index in [0.29, 0.717) is 12.2 Å². The molecule has 0 bridgehead atoms. The van der Waals surface area contributed by atoms with Crippen molar-refractivity contribution in [3.8, 4) is 5.75 Å². The number of carbonyl (C=O) groups excluding carboxylic acids is 1. The van der Waals surface area contributed by atoms with E-state index in [1.807, 2.05) is 73.7 Å². The van der Waals surface area contributed by atoms with Crippen LogP contribution in [0.5, 0.6) is 5.75 Å². The summed E-state index contributed by atoms with van der Waals surface area (Å²) in [4.78, 5) is 12.4. The second kappa shape index (κ2) is 9.09. The molecule has 0 saturated heterocycles. The minimum Gasteiger partial charge on any atom is -0.489 e. The SMILES string of the molecule is CCc1oc2ccccc2c1/C=N\NC(=O)c1ccc(COc2ccccc2)cc1. The molecule has 0 atom stereocenters. The highest BCUT2D eigenvalue weighted by Crippen LogP contribution is 2.24. The molecule has 0 aliphatic rings. The van der Waals surface area contributed by atoms with Crippen molar-refractivity contribution < 1.29 is 13.9 Å². The van der Waals surface area contributed by atoms with Gasteiger partial charge in [-0.05, 0) is 35.9 Å². The lowest BCUT2D eigenvalue weighted by Crippen LogP contribution is -2.17. The van der Waals surface area contributed by atoms with E-state index in [9.17, 15) is 4.79 Å². The summed E-state index contributed by atoms with van der Waals surface area (Å²) < 4.78 is 11.6. The largest absolute Gasteiger partial charge is 0.489 e. The fraction of sp³-hybridized carbons (Fsp3) is 0.120. The van der Waals surface area contributed by atoms with Crippen LogP contribution in [0.25, 0.3) is 11.0 Å². The van der Waals surface area contributed by atoms with E-state index in [4.69, 9.17) is 9.15 Å². The highest BCUT2D eigenvalue weighted by molar-refractivity contribution is 6.00. The molecule has 0 unspecified atom stereocenters. The third-order valence-corrected chi connectivity index (χ3v) is 4.76. The Bertz CT molecular complexity index is 1160. The minimum atomic E-state index is -0.271. The summed E-state index contributed by atoms with van der Waals surface area (Å²) in [5.74, 6) is 1.39. The van der Waals surface area contributed by atoms with Gasteiger partial charge in [0.25, 0.3) is 5.91 Å². The summed E-state index contributed by atoms with van der Waals surface area (Å²) in [5, 5.41) is 5.12. The van der Waals surface area contributed by atoms with Crippen molar-refractivity contribution in [2.45, 2.75) is 20.0 Å². The van der Waals surface area contributed by atoms with Crippen molar-refractivity contribution in [1.29, 1.82) is 0 Å². The molecule has 5 heteroatoms. The molecular weight excluding hydrogens is 376 g/mol. The summed E-state index contributed by atoms with van der Waals surface area (Å²) in [7, 11) is 0. The van der Waals surface area contributed by atoms with Crippen LogP contribution in [0.4, 0.5) is 0 Å². The second-order valence-electron chi connectivity index (χ2n) is 6.79. The zero-order valence-corrected chi connectivity index (χ0v) is 16.7. The molecule has 1 aromatic heterocycles. The molecule has 0 aliphatic heterocycles. The quantitative estimate of drug-likeness (QED) is 0.338. The van der Waals surface area contributed by atoms with Gasteiger partial charge in [-0.25, -0.2) is 5.43 Å². The molecule has 150 valence electrons. The van der Waals surface area contributed by atoms with Crippen LogP contribution in [-0.2, 0) is 13.0 Å². The Morgan fingerprint density at radius 2 is 1.73 bits per heavy atom. The molecule has 0 spiro atoms. The lowest BCUT2D eigenvalue weighted by atomic mass is 10.1. The monoisotopic (exact) mass is 398 g/mol. The van der Waals surface area contributed by atoms with Crippen molar-refractivity contribution in [3.05, 3.63) is 101 Å². The zero-order chi connectivity index (χ0) is 20.8. The summed E-state index contributed by atoms with van der Waals surface area (Å²) in [6, 6.07) is 24.7. The van der Waals surface area contributed by atoms with Crippen LogP contribution in [0.2, 0.25) is 0 Å². The topological polar surface area (TPSA) is 63.8 Å². The maximum atomic E-state index is 12.4. The number of furan rings is 1. The molecule has 0 fully saturated rings. The Kier molecular flexibility index (Phi) is 5.90. The minimum absolute atomic E-state index is 0.271. The van der Waals surface area contributed by atoms with Crippen LogP contribution >= 0.6 is 0 Å². The normalized spacial score (nSPS) is 11.1. The molecule has 1 N–H and O–H groups in total. The van der Waals surface area contributed by atoms with Gasteiger partial charge in [-0.15, -0.1) is 0 Å². The van der Waals surface area contributed by atoms with Crippen LogP contribution in [0, 0.1) is 0 Å². The molecule has 30 heavy (non-hydrogen) atoms. The van der Waals surface area contributed by atoms with E-state index in [1.165, 1.54) is 0 Å². The first-order valence-electron chi connectivity index (χ1n) is 9.85. The van der Waals surface area contributed by atoms with Crippen LogP contribution in [0.3, 0.4) is 0 Å². The van der Waals surface area contributed by atoms with Gasteiger partial charge < -0.3 is 9.15 Å². The number of para-hydroxylation sites is 2. The number of fused-ring (bicyclic) bond motifs is 1. The van der Waals surface area contributed by atoms with Gasteiger partial charge in [-0.1, -0.05) is 55.5 Å². The van der Waals surface area contributed by atoms with Gasteiger partial charge in [0, 0.05) is 22.9 Å². The number of aryl methyl sites for hydroxylation is 1. The van der Waals surface area contributed by atoms with E-state index in [2.05, 4.69) is 10.5 Å². The first kappa shape index (κ1) is 19.5. The molecule has 4 aromatic rings. The average Bonchev–Trinajstić information content (AvgIpc) is 3.16. The Balaban J connectivity index is 1.38. The maximum Gasteiger partial charge on any atom is 0.271 e. The van der Waals surface area contributed by atoms with Crippen molar-refractivity contribution >= 4 is 23.1 Å². The van der Waals surface area contributed by atoms with E-state index < -0.39 is 0 Å². The van der Waals surface area contributed by atoms with Crippen LogP contribution < -0.4 is 10.2 Å². The Morgan fingerprint density at radius 1 is 1.00 bits per heavy atom. The molecule has 0 saturated carbocycles. The number of hydrogen-bond donors (Lipinski definition) is 1. The van der Waals surface area contributed by atoms with Crippen molar-refractivity contribution in [2.24, 2.45) is 5.10 Å². The van der Waals surface area contributed by atoms with E-state index >= 15 is 0 Å². The zero-order valence-electron chi connectivity index (χ0n) is 16.7. The highest BCUT2D eigenvalue weighted by atomic mass is 16.5. The molecule has 1 heterocycles. The van der Waals surface area contributed by atoms with Gasteiger partial charge in [0.1, 0.15) is 23.7 Å². The van der Waals surface area contributed by atoms with Crippen LogP contribution in [0.1, 0.15) is 34.2 Å². The summed E-state index contributed by atoms with van der Waals surface area (Å²) >= 11 is 0. The average molecular weight is 398 g/mol. The number of hydrazone groups is 1. The summed E-state index contributed by atoms with van der Waals surface area (Å²) in [6.07, 6.45) is 2.39. The molecule has 4 rings (SSSR count). The number of ether oxygens (including phenoxy) is 1. The number of nitrogens with one attached hydrogen (secondary N) is 1. The van der Waals surface area contributed by atoms with Crippen molar-refractivity contribution in [1.82, 2.24) is 5.43 Å². The highest BCUT2D eigenvalue weighted by Gasteiger charge is 2.11. The van der Waals surface area contributed by atoms with Gasteiger partial charge in [-0.2, -0.15) is 5.10 Å². The third-order valence-electron chi connectivity index (χ3n) is 4.76. The van der Waals surface area contributed by atoms with Gasteiger partial charge in [0.05, 0.1) is 6.21 Å². The number of benzene rings is 3. The van der Waals surface area contributed by atoms with E-state index in [-0.39, 0.29) is 5.91 Å². The van der Waals surface area contributed by atoms with E-state index in [0.717, 1.165) is 40.0 Å². The predicted octanol–water partition coefficient (Wildman–Crippen LogP) is 5.34. The van der Waals surface area contributed by atoms with Crippen LogP contribution in [0.15, 0.2) is 88.4 Å². The Labute approximate surface area is 175 Å². The molecule has 1 amide bonds. The van der Waals surface area contributed by atoms with E-state index in [1.54, 1.807) is 18.3 Å². The van der Waals surface area contributed by atoms with Gasteiger partial charge in [-0.3, -0.25) is 4.79 Å².